The van der Waals surface area contributed by atoms with Gasteiger partial charge in [0, 0.05) is 0 Å². The SMILES string of the molecule is CCOc1cc(C(=O)OC)cc(OCC)c1/N=N/c1ccccc1. The minimum atomic E-state index is -0.469. The lowest BCUT2D eigenvalue weighted by Crippen LogP contribution is -2.04. The van der Waals surface area contributed by atoms with Crippen molar-refractivity contribution in [3.63, 3.8) is 0 Å². The predicted molar refractivity (Wildman–Crippen MR) is 90.7 cm³/mol. The molecule has 6 nitrogen and oxygen atoms in total. The highest BCUT2D eigenvalue weighted by Crippen LogP contribution is 2.40. The van der Waals surface area contributed by atoms with Gasteiger partial charge >= 0.3 is 5.97 Å². The lowest BCUT2D eigenvalue weighted by molar-refractivity contribution is 0.0599. The summed E-state index contributed by atoms with van der Waals surface area (Å²) in [5, 5.41) is 8.47. The van der Waals surface area contributed by atoms with Crippen LogP contribution >= 0.6 is 0 Å². The van der Waals surface area contributed by atoms with Gasteiger partial charge in [0.25, 0.3) is 0 Å². The summed E-state index contributed by atoms with van der Waals surface area (Å²) in [5.41, 5.74) is 1.48. The molecular weight excluding hydrogens is 308 g/mol. The van der Waals surface area contributed by atoms with Gasteiger partial charge in [-0.2, -0.15) is 5.11 Å². The van der Waals surface area contributed by atoms with Crippen molar-refractivity contribution in [1.82, 2.24) is 0 Å². The molecular formula is C18H20N2O4. The zero-order valence-corrected chi connectivity index (χ0v) is 14.0. The van der Waals surface area contributed by atoms with E-state index in [1.807, 2.05) is 44.2 Å². The van der Waals surface area contributed by atoms with E-state index >= 15 is 0 Å². The first-order valence-corrected chi connectivity index (χ1v) is 7.68. The molecule has 0 amide bonds. The largest absolute Gasteiger partial charge is 0.491 e. The summed E-state index contributed by atoms with van der Waals surface area (Å²) < 4.78 is 16.0. The Morgan fingerprint density at radius 1 is 0.958 bits per heavy atom. The molecule has 2 aromatic carbocycles. The molecule has 2 aromatic rings. The first kappa shape index (κ1) is 17.5. The zero-order chi connectivity index (χ0) is 17.4. The Kier molecular flexibility index (Phi) is 6.31. The maximum Gasteiger partial charge on any atom is 0.338 e. The molecule has 0 fully saturated rings. The fraction of sp³-hybridized carbons (Fsp3) is 0.278. The van der Waals surface area contributed by atoms with Crippen molar-refractivity contribution in [3.8, 4) is 11.5 Å². The first-order chi connectivity index (χ1) is 11.7. The van der Waals surface area contributed by atoms with Gasteiger partial charge in [0.05, 0.1) is 31.6 Å². The quantitative estimate of drug-likeness (QED) is 0.546. The van der Waals surface area contributed by atoms with E-state index < -0.39 is 5.97 Å². The van der Waals surface area contributed by atoms with Crippen molar-refractivity contribution in [2.24, 2.45) is 10.2 Å². The maximum atomic E-state index is 11.8. The van der Waals surface area contributed by atoms with Crippen LogP contribution in [0.25, 0.3) is 0 Å². The monoisotopic (exact) mass is 328 g/mol. The Hall–Kier alpha value is -2.89. The fourth-order valence-corrected chi connectivity index (χ4v) is 2.05. The molecule has 0 heterocycles. The van der Waals surface area contributed by atoms with Crippen molar-refractivity contribution < 1.29 is 19.0 Å². The Labute approximate surface area is 141 Å². The van der Waals surface area contributed by atoms with E-state index in [4.69, 9.17) is 14.2 Å². The van der Waals surface area contributed by atoms with Crippen molar-refractivity contribution >= 4 is 17.3 Å². The molecule has 6 heteroatoms. The normalized spacial score (nSPS) is 10.6. The minimum Gasteiger partial charge on any atom is -0.491 e. The van der Waals surface area contributed by atoms with Crippen molar-refractivity contribution in [1.29, 1.82) is 0 Å². The van der Waals surface area contributed by atoms with Crippen LogP contribution in [-0.4, -0.2) is 26.3 Å². The molecule has 0 saturated heterocycles. The third kappa shape index (κ3) is 4.32. The number of azo groups is 1. The smallest absolute Gasteiger partial charge is 0.338 e. The molecule has 0 aromatic heterocycles. The topological polar surface area (TPSA) is 69.5 Å². The van der Waals surface area contributed by atoms with Crippen LogP contribution in [0.2, 0.25) is 0 Å². The second kappa shape index (κ2) is 8.67. The van der Waals surface area contributed by atoms with Gasteiger partial charge in [-0.25, -0.2) is 4.79 Å². The molecule has 0 aliphatic heterocycles. The van der Waals surface area contributed by atoms with E-state index in [2.05, 4.69) is 10.2 Å². The Bertz CT molecular complexity index is 687. The van der Waals surface area contributed by atoms with Gasteiger partial charge in [-0.1, -0.05) is 18.2 Å². The molecule has 0 unspecified atom stereocenters. The van der Waals surface area contributed by atoms with E-state index in [9.17, 15) is 4.79 Å². The molecule has 0 aliphatic carbocycles. The molecule has 0 radical (unpaired) electrons. The summed E-state index contributed by atoms with van der Waals surface area (Å²) in [4.78, 5) is 11.8. The van der Waals surface area contributed by atoms with Crippen LogP contribution in [0.15, 0.2) is 52.7 Å². The fourth-order valence-electron chi connectivity index (χ4n) is 2.05. The van der Waals surface area contributed by atoms with E-state index in [1.54, 1.807) is 12.1 Å². The summed E-state index contributed by atoms with van der Waals surface area (Å²) in [6.07, 6.45) is 0. The number of methoxy groups -OCH3 is 1. The molecule has 24 heavy (non-hydrogen) atoms. The van der Waals surface area contributed by atoms with E-state index in [0.717, 1.165) is 0 Å². The molecule has 0 N–H and O–H groups in total. The standard InChI is InChI=1S/C18H20N2O4/c1-4-23-15-11-13(18(21)22-3)12-16(24-5-2)17(15)20-19-14-9-7-6-8-10-14/h6-12H,4-5H2,1-3H3/b20-19+. The van der Waals surface area contributed by atoms with Crippen LogP contribution in [0.1, 0.15) is 24.2 Å². The van der Waals surface area contributed by atoms with Crippen molar-refractivity contribution in [2.45, 2.75) is 13.8 Å². The summed E-state index contributed by atoms with van der Waals surface area (Å²) >= 11 is 0. The average Bonchev–Trinajstić information content (AvgIpc) is 2.61. The summed E-state index contributed by atoms with van der Waals surface area (Å²) in [6, 6.07) is 12.5. The van der Waals surface area contributed by atoms with Gasteiger partial charge in [0.1, 0.15) is 0 Å². The number of esters is 1. The van der Waals surface area contributed by atoms with Crippen LogP contribution in [0, 0.1) is 0 Å². The molecule has 2 rings (SSSR count). The minimum absolute atomic E-state index is 0.336. The molecule has 0 bridgehead atoms. The molecule has 0 spiro atoms. The van der Waals surface area contributed by atoms with Crippen molar-refractivity contribution in [3.05, 3.63) is 48.0 Å². The van der Waals surface area contributed by atoms with Gasteiger partial charge in [-0.15, -0.1) is 5.11 Å². The summed E-state index contributed by atoms with van der Waals surface area (Å²) in [5.74, 6) is 0.371. The molecule has 126 valence electrons. The van der Waals surface area contributed by atoms with Crippen LogP contribution in [0.3, 0.4) is 0 Å². The highest BCUT2D eigenvalue weighted by Gasteiger charge is 2.17. The van der Waals surface area contributed by atoms with Gasteiger partial charge in [0.15, 0.2) is 17.2 Å². The Balaban J connectivity index is 2.49. The number of ether oxygens (including phenoxy) is 3. The maximum absolute atomic E-state index is 11.8. The van der Waals surface area contributed by atoms with Crippen molar-refractivity contribution in [2.75, 3.05) is 20.3 Å². The Morgan fingerprint density at radius 3 is 2.04 bits per heavy atom. The zero-order valence-electron chi connectivity index (χ0n) is 14.0. The van der Waals surface area contributed by atoms with Crippen LogP contribution < -0.4 is 9.47 Å². The molecule has 0 atom stereocenters. The lowest BCUT2D eigenvalue weighted by atomic mass is 10.1. The number of hydrogen-bond donors (Lipinski definition) is 0. The number of benzene rings is 2. The third-order valence-electron chi connectivity index (χ3n) is 3.08. The Morgan fingerprint density at radius 2 is 1.54 bits per heavy atom. The van der Waals surface area contributed by atoms with Gasteiger partial charge in [-0.05, 0) is 38.1 Å². The van der Waals surface area contributed by atoms with Gasteiger partial charge < -0.3 is 14.2 Å². The predicted octanol–water partition coefficient (Wildman–Crippen LogP) is 4.69. The van der Waals surface area contributed by atoms with Crippen LogP contribution in [0.5, 0.6) is 11.5 Å². The van der Waals surface area contributed by atoms with E-state index in [0.29, 0.717) is 41.7 Å². The number of rotatable bonds is 7. The molecule has 0 saturated carbocycles. The molecule has 0 aliphatic rings. The second-order valence-electron chi connectivity index (χ2n) is 4.71. The van der Waals surface area contributed by atoms with E-state index in [-0.39, 0.29) is 0 Å². The lowest BCUT2D eigenvalue weighted by Gasteiger charge is -2.13. The highest BCUT2D eigenvalue weighted by molar-refractivity contribution is 5.91. The number of nitrogens with zero attached hydrogens (tertiary/aromatic N) is 2. The summed E-state index contributed by atoms with van der Waals surface area (Å²) in [6.45, 7) is 4.54. The number of hydrogen-bond acceptors (Lipinski definition) is 6. The van der Waals surface area contributed by atoms with Crippen LogP contribution in [0.4, 0.5) is 11.4 Å². The van der Waals surface area contributed by atoms with Crippen LogP contribution in [-0.2, 0) is 4.74 Å². The highest BCUT2D eigenvalue weighted by atomic mass is 16.5. The average molecular weight is 328 g/mol. The van der Waals surface area contributed by atoms with Gasteiger partial charge in [0.2, 0.25) is 0 Å². The summed E-state index contributed by atoms with van der Waals surface area (Å²) in [7, 11) is 1.33. The second-order valence-corrected chi connectivity index (χ2v) is 4.71. The number of carbonyl (C=O) groups is 1. The first-order valence-electron chi connectivity index (χ1n) is 7.68. The third-order valence-corrected chi connectivity index (χ3v) is 3.08. The van der Waals surface area contributed by atoms with Gasteiger partial charge in [-0.3, -0.25) is 0 Å². The van der Waals surface area contributed by atoms with E-state index in [1.165, 1.54) is 7.11 Å². The number of carbonyl (C=O) groups excluding carboxylic acids is 1.